The lowest BCUT2D eigenvalue weighted by atomic mass is 10.0. The average molecular weight is 272 g/mol. The van der Waals surface area contributed by atoms with Crippen LogP contribution in [0.15, 0.2) is 46.9 Å². The van der Waals surface area contributed by atoms with Crippen LogP contribution in [0.1, 0.15) is 17.7 Å². The van der Waals surface area contributed by atoms with Crippen molar-refractivity contribution < 1.29 is 13.2 Å². The van der Waals surface area contributed by atoms with Crippen LogP contribution >= 0.6 is 0 Å². The van der Waals surface area contributed by atoms with Crippen LogP contribution in [0.4, 0.5) is 8.78 Å². The highest BCUT2D eigenvalue weighted by Gasteiger charge is 2.17. The zero-order chi connectivity index (χ0) is 14.1. The molecule has 2 aromatic carbocycles. The fraction of sp³-hybridized carbons (Fsp3) is 0.125. The van der Waals surface area contributed by atoms with E-state index in [1.807, 2.05) is 18.2 Å². The summed E-state index contributed by atoms with van der Waals surface area (Å²) in [6, 6.07) is 15.1. The molecule has 2 N–H and O–H groups in total. The molecule has 101 valence electrons. The number of fused-ring (bicyclic) bond motifs is 1. The van der Waals surface area contributed by atoms with Gasteiger partial charge in [-0.25, -0.2) is 8.78 Å². The molecule has 0 saturated carbocycles. The molecule has 1 aromatic heterocycles. The third-order valence-corrected chi connectivity index (χ3v) is 3.18. The van der Waals surface area contributed by atoms with E-state index in [1.54, 1.807) is 18.2 Å². The highest BCUT2D eigenvalue weighted by atomic mass is 19.3. The van der Waals surface area contributed by atoms with Crippen molar-refractivity contribution in [3.63, 3.8) is 0 Å². The van der Waals surface area contributed by atoms with Crippen molar-refractivity contribution in [2.24, 2.45) is 5.73 Å². The number of benzene rings is 2. The number of halogens is 2. The fourth-order valence-electron chi connectivity index (χ4n) is 2.24. The summed E-state index contributed by atoms with van der Waals surface area (Å²) in [5, 5.41) is 0.645. The largest absolute Gasteiger partial charge is 0.459 e. The van der Waals surface area contributed by atoms with Crippen LogP contribution < -0.4 is 5.73 Å². The number of hydrogen-bond acceptors (Lipinski definition) is 2. The van der Waals surface area contributed by atoms with Gasteiger partial charge in [0.05, 0.1) is 12.1 Å². The van der Waals surface area contributed by atoms with Crippen molar-refractivity contribution in [1.29, 1.82) is 0 Å². The maximum atomic E-state index is 13.2. The van der Waals surface area contributed by atoms with E-state index in [9.17, 15) is 8.78 Å². The Hall–Kier alpha value is -2.20. The van der Waals surface area contributed by atoms with Gasteiger partial charge in [-0.1, -0.05) is 24.3 Å². The van der Waals surface area contributed by atoms with Crippen LogP contribution in [-0.2, 0) is 6.54 Å². The Kier molecular flexibility index (Phi) is 3.24. The van der Waals surface area contributed by atoms with Crippen molar-refractivity contribution in [3.8, 4) is 11.1 Å². The molecule has 0 aliphatic rings. The zero-order valence-corrected chi connectivity index (χ0v) is 10.6. The number of rotatable bonds is 3. The summed E-state index contributed by atoms with van der Waals surface area (Å²) in [5.41, 5.74) is 7.20. The third kappa shape index (κ3) is 2.18. The van der Waals surface area contributed by atoms with Crippen LogP contribution in [-0.4, -0.2) is 0 Å². The minimum Gasteiger partial charge on any atom is -0.459 e. The van der Waals surface area contributed by atoms with Gasteiger partial charge in [-0.15, -0.1) is 0 Å². The van der Waals surface area contributed by atoms with Crippen LogP contribution in [0.2, 0.25) is 0 Å². The molecule has 1 heterocycles. The highest BCUT2D eigenvalue weighted by Crippen LogP contribution is 2.34. The number of furan rings is 1. The molecule has 0 bridgehead atoms. The molecular weight excluding hydrogens is 260 g/mol. The molecule has 0 atom stereocenters. The second-order valence-electron chi connectivity index (χ2n) is 4.49. The Morgan fingerprint density at radius 3 is 2.50 bits per heavy atom. The highest BCUT2D eigenvalue weighted by molar-refractivity contribution is 5.87. The lowest BCUT2D eigenvalue weighted by Crippen LogP contribution is -1.92. The van der Waals surface area contributed by atoms with Crippen LogP contribution in [0, 0.1) is 6.07 Å². The van der Waals surface area contributed by atoms with Crippen molar-refractivity contribution in [2.75, 3.05) is 0 Å². The van der Waals surface area contributed by atoms with Gasteiger partial charge in [0.2, 0.25) is 0 Å². The molecule has 3 rings (SSSR count). The molecule has 2 nitrogen and oxygen atoms in total. The van der Waals surface area contributed by atoms with E-state index in [1.165, 1.54) is 6.07 Å². The predicted molar refractivity (Wildman–Crippen MR) is 73.3 cm³/mol. The van der Waals surface area contributed by atoms with Crippen molar-refractivity contribution in [2.45, 2.75) is 13.0 Å². The summed E-state index contributed by atoms with van der Waals surface area (Å²) >= 11 is 0. The van der Waals surface area contributed by atoms with Gasteiger partial charge in [0.1, 0.15) is 11.3 Å². The normalized spacial score (nSPS) is 11.4. The Morgan fingerprint density at radius 2 is 1.85 bits per heavy atom. The van der Waals surface area contributed by atoms with E-state index in [0.717, 1.165) is 11.1 Å². The smallest absolute Gasteiger partial charge is 0.267 e. The summed E-state index contributed by atoms with van der Waals surface area (Å²) in [5.74, 6) is 0.500. The number of hydrogen-bond donors (Lipinski definition) is 1. The lowest BCUT2D eigenvalue weighted by Gasteiger charge is -2.06. The van der Waals surface area contributed by atoms with Crippen LogP contribution in [0.5, 0.6) is 0 Å². The standard InChI is InChI=1S/C16H12F2NO/c17-16(18)14-8-11(10-4-2-1-3-5-10)6-12-7-13(9-19)20-15(12)14/h2-8,16H,9,19H2. The predicted octanol–water partition coefficient (Wildman–Crippen LogP) is 4.30. The molecule has 3 aromatic rings. The summed E-state index contributed by atoms with van der Waals surface area (Å²) in [6.45, 7) is 0.187. The van der Waals surface area contributed by atoms with E-state index in [2.05, 4.69) is 6.07 Å². The quantitative estimate of drug-likeness (QED) is 0.772. The second-order valence-corrected chi connectivity index (χ2v) is 4.49. The van der Waals surface area contributed by atoms with Crippen molar-refractivity contribution in [3.05, 3.63) is 59.9 Å². The summed E-state index contributed by atoms with van der Waals surface area (Å²) < 4.78 is 31.8. The molecule has 20 heavy (non-hydrogen) atoms. The Morgan fingerprint density at radius 1 is 1.10 bits per heavy atom. The van der Waals surface area contributed by atoms with E-state index in [-0.39, 0.29) is 17.7 Å². The number of alkyl halides is 2. The molecule has 0 fully saturated rings. The van der Waals surface area contributed by atoms with Gasteiger partial charge in [-0.2, -0.15) is 0 Å². The average Bonchev–Trinajstić information content (AvgIpc) is 2.89. The van der Waals surface area contributed by atoms with Crippen LogP contribution in [0.25, 0.3) is 22.1 Å². The van der Waals surface area contributed by atoms with Gasteiger partial charge in [0, 0.05) is 5.39 Å². The molecule has 0 spiro atoms. The first-order chi connectivity index (χ1) is 9.69. The fourth-order valence-corrected chi connectivity index (χ4v) is 2.24. The van der Waals surface area contributed by atoms with Gasteiger partial charge >= 0.3 is 0 Å². The topological polar surface area (TPSA) is 39.2 Å². The molecular formula is C16H12F2NO. The zero-order valence-electron chi connectivity index (χ0n) is 10.6. The maximum absolute atomic E-state index is 13.2. The van der Waals surface area contributed by atoms with Crippen molar-refractivity contribution in [1.82, 2.24) is 0 Å². The van der Waals surface area contributed by atoms with Crippen LogP contribution in [0.3, 0.4) is 0 Å². The first kappa shape index (κ1) is 12.8. The van der Waals surface area contributed by atoms with Gasteiger partial charge < -0.3 is 10.2 Å². The number of nitrogens with two attached hydrogens (primary N) is 1. The SMILES string of the molecule is NCc1cc2cc(-c3cc[c]cc3)cc(C(F)F)c2o1. The van der Waals surface area contributed by atoms with Gasteiger partial charge in [-0.05, 0) is 35.4 Å². The molecule has 0 unspecified atom stereocenters. The minimum absolute atomic E-state index is 0.106. The second kappa shape index (κ2) is 5.06. The summed E-state index contributed by atoms with van der Waals surface area (Å²) in [7, 11) is 0. The summed E-state index contributed by atoms with van der Waals surface area (Å²) in [4.78, 5) is 0. The monoisotopic (exact) mass is 272 g/mol. The molecule has 1 radical (unpaired) electrons. The molecule has 0 aliphatic carbocycles. The van der Waals surface area contributed by atoms with Gasteiger partial charge in [0.25, 0.3) is 6.43 Å². The first-order valence-corrected chi connectivity index (χ1v) is 6.20. The maximum Gasteiger partial charge on any atom is 0.267 e. The van der Waals surface area contributed by atoms with E-state index >= 15 is 0 Å². The molecule has 4 heteroatoms. The molecule has 0 aliphatic heterocycles. The summed E-state index contributed by atoms with van der Waals surface area (Å²) in [6.07, 6.45) is -2.59. The Balaban J connectivity index is 2.25. The Labute approximate surface area is 114 Å². The third-order valence-electron chi connectivity index (χ3n) is 3.18. The van der Waals surface area contributed by atoms with Crippen molar-refractivity contribution >= 4 is 11.0 Å². The van der Waals surface area contributed by atoms with E-state index in [4.69, 9.17) is 10.2 Å². The minimum atomic E-state index is -2.59. The Bertz CT molecular complexity index is 735. The van der Waals surface area contributed by atoms with E-state index in [0.29, 0.717) is 11.1 Å². The molecule has 0 amide bonds. The van der Waals surface area contributed by atoms with Gasteiger partial charge in [-0.3, -0.25) is 0 Å². The lowest BCUT2D eigenvalue weighted by molar-refractivity contribution is 0.152. The molecule has 0 saturated heterocycles. The van der Waals surface area contributed by atoms with E-state index < -0.39 is 6.43 Å². The van der Waals surface area contributed by atoms with Gasteiger partial charge in [0.15, 0.2) is 0 Å². The first-order valence-electron chi connectivity index (χ1n) is 6.20.